The Hall–Kier alpha value is -1.99. The maximum atomic E-state index is 4.57. The summed E-state index contributed by atoms with van der Waals surface area (Å²) in [6.45, 7) is 0. The molecule has 0 aliphatic rings. The lowest BCUT2D eigenvalue weighted by atomic mass is 9.99. The second kappa shape index (κ2) is 5.33. The molecule has 0 nitrogen and oxygen atoms in total. The third-order valence-electron chi connectivity index (χ3n) is 3.19. The smallest absolute Gasteiger partial charge is 0.0119 e. The van der Waals surface area contributed by atoms with Crippen LogP contribution in [-0.2, 0) is 0 Å². The lowest BCUT2D eigenvalue weighted by Crippen LogP contribution is -1.83. The lowest BCUT2D eigenvalue weighted by molar-refractivity contribution is 1.45. The Morgan fingerprint density at radius 3 is 1.74 bits per heavy atom. The third kappa shape index (κ3) is 2.56. The maximum absolute atomic E-state index is 4.57. The first-order valence-electron chi connectivity index (χ1n) is 6.28. The molecule has 0 aliphatic heterocycles. The van der Waals surface area contributed by atoms with Crippen LogP contribution in [0.15, 0.2) is 83.8 Å². The summed E-state index contributed by atoms with van der Waals surface area (Å²) in [4.78, 5) is 1.01. The molecule has 0 radical (unpaired) electrons. The molecule has 0 heterocycles. The molecule has 0 saturated heterocycles. The molecule has 0 saturated carbocycles. The summed E-state index contributed by atoms with van der Waals surface area (Å²) in [5.74, 6) is 0. The van der Waals surface area contributed by atoms with Crippen LogP contribution in [0.1, 0.15) is 0 Å². The van der Waals surface area contributed by atoms with E-state index < -0.39 is 0 Å². The molecule has 3 rings (SSSR count). The van der Waals surface area contributed by atoms with Crippen LogP contribution < -0.4 is 0 Å². The Labute approximate surface area is 119 Å². The van der Waals surface area contributed by atoms with Crippen LogP contribution >= 0.6 is 12.6 Å². The minimum absolute atomic E-state index is 1.01. The number of hydrogen-bond acceptors (Lipinski definition) is 1. The molecule has 0 bridgehead atoms. The van der Waals surface area contributed by atoms with Crippen molar-refractivity contribution in [1.82, 2.24) is 0 Å². The van der Waals surface area contributed by atoms with Gasteiger partial charge in [0.15, 0.2) is 0 Å². The van der Waals surface area contributed by atoms with Crippen LogP contribution in [0, 0.1) is 0 Å². The van der Waals surface area contributed by atoms with Gasteiger partial charge in [-0.2, -0.15) is 0 Å². The van der Waals surface area contributed by atoms with Gasteiger partial charge in [0.2, 0.25) is 0 Å². The molecular formula is C18H14S. The Morgan fingerprint density at radius 1 is 0.526 bits per heavy atom. The van der Waals surface area contributed by atoms with E-state index in [0.717, 1.165) is 4.90 Å². The Kier molecular flexibility index (Phi) is 3.39. The first kappa shape index (κ1) is 12.1. The van der Waals surface area contributed by atoms with E-state index in [1.807, 2.05) is 12.1 Å². The molecule has 0 atom stereocenters. The molecule has 3 aromatic carbocycles. The average molecular weight is 262 g/mol. The standard InChI is InChI=1S/C18H14S/c19-18-12-11-16(14-7-3-1-4-8-14)13-17(18)15-9-5-2-6-10-15/h1-13,19H. The number of hydrogen-bond donors (Lipinski definition) is 1. The molecule has 0 fully saturated rings. The SMILES string of the molecule is Sc1ccc(-c2ccccc2)cc1-c1ccccc1. The van der Waals surface area contributed by atoms with E-state index >= 15 is 0 Å². The predicted molar refractivity (Wildman–Crippen MR) is 84.6 cm³/mol. The van der Waals surface area contributed by atoms with Gasteiger partial charge in [0.05, 0.1) is 0 Å². The summed E-state index contributed by atoms with van der Waals surface area (Å²) >= 11 is 4.57. The van der Waals surface area contributed by atoms with Crippen molar-refractivity contribution >= 4 is 12.6 Å². The van der Waals surface area contributed by atoms with Crippen LogP contribution in [0.25, 0.3) is 22.3 Å². The second-order valence-corrected chi connectivity index (χ2v) is 4.95. The summed E-state index contributed by atoms with van der Waals surface area (Å²) in [5, 5.41) is 0. The second-order valence-electron chi connectivity index (χ2n) is 4.46. The zero-order valence-electron chi connectivity index (χ0n) is 10.5. The highest BCUT2D eigenvalue weighted by molar-refractivity contribution is 7.80. The summed E-state index contributed by atoms with van der Waals surface area (Å²) in [7, 11) is 0. The van der Waals surface area contributed by atoms with Gasteiger partial charge >= 0.3 is 0 Å². The van der Waals surface area contributed by atoms with Crippen molar-refractivity contribution < 1.29 is 0 Å². The first-order valence-corrected chi connectivity index (χ1v) is 6.73. The van der Waals surface area contributed by atoms with Gasteiger partial charge in [-0.05, 0) is 34.4 Å². The van der Waals surface area contributed by atoms with E-state index in [2.05, 4.69) is 79.4 Å². The highest BCUT2D eigenvalue weighted by Gasteiger charge is 2.04. The highest BCUT2D eigenvalue weighted by atomic mass is 32.1. The molecule has 0 aliphatic carbocycles. The molecule has 0 aromatic heterocycles. The van der Waals surface area contributed by atoms with Gasteiger partial charge in [-0.1, -0.05) is 66.7 Å². The van der Waals surface area contributed by atoms with Gasteiger partial charge in [0.1, 0.15) is 0 Å². The monoisotopic (exact) mass is 262 g/mol. The fourth-order valence-electron chi connectivity index (χ4n) is 2.20. The quantitative estimate of drug-likeness (QED) is 0.594. The highest BCUT2D eigenvalue weighted by Crippen LogP contribution is 2.31. The van der Waals surface area contributed by atoms with Crippen molar-refractivity contribution in [3.8, 4) is 22.3 Å². The van der Waals surface area contributed by atoms with Crippen LogP contribution in [-0.4, -0.2) is 0 Å². The molecule has 0 unspecified atom stereocenters. The summed E-state index contributed by atoms with van der Waals surface area (Å²) < 4.78 is 0. The normalized spacial score (nSPS) is 10.4. The molecule has 1 heteroatoms. The van der Waals surface area contributed by atoms with Crippen molar-refractivity contribution in [2.45, 2.75) is 4.90 Å². The molecule has 0 N–H and O–H groups in total. The summed E-state index contributed by atoms with van der Waals surface area (Å²) in [6, 6.07) is 27.2. The maximum Gasteiger partial charge on any atom is 0.0119 e. The fourth-order valence-corrected chi connectivity index (χ4v) is 2.46. The van der Waals surface area contributed by atoms with Gasteiger partial charge in [-0.15, -0.1) is 12.6 Å². The van der Waals surface area contributed by atoms with Crippen molar-refractivity contribution in [2.24, 2.45) is 0 Å². The zero-order chi connectivity index (χ0) is 13.1. The van der Waals surface area contributed by atoms with Crippen LogP contribution in [0.2, 0.25) is 0 Å². The molecule has 0 amide bonds. The Morgan fingerprint density at radius 2 is 1.11 bits per heavy atom. The van der Waals surface area contributed by atoms with Gasteiger partial charge in [0.25, 0.3) is 0 Å². The van der Waals surface area contributed by atoms with E-state index in [0.29, 0.717) is 0 Å². The topological polar surface area (TPSA) is 0 Å². The number of rotatable bonds is 2. The van der Waals surface area contributed by atoms with Gasteiger partial charge < -0.3 is 0 Å². The van der Waals surface area contributed by atoms with Gasteiger partial charge in [0, 0.05) is 4.90 Å². The fraction of sp³-hybridized carbons (Fsp3) is 0. The van der Waals surface area contributed by atoms with E-state index in [-0.39, 0.29) is 0 Å². The zero-order valence-corrected chi connectivity index (χ0v) is 11.3. The summed E-state index contributed by atoms with van der Waals surface area (Å²) in [6.07, 6.45) is 0. The largest absolute Gasteiger partial charge is 0.143 e. The van der Waals surface area contributed by atoms with Crippen LogP contribution in [0.5, 0.6) is 0 Å². The lowest BCUT2D eigenvalue weighted by Gasteiger charge is -2.09. The van der Waals surface area contributed by atoms with E-state index in [9.17, 15) is 0 Å². The van der Waals surface area contributed by atoms with Crippen LogP contribution in [0.4, 0.5) is 0 Å². The third-order valence-corrected chi connectivity index (χ3v) is 3.58. The van der Waals surface area contributed by atoms with Crippen molar-refractivity contribution in [3.05, 3.63) is 78.9 Å². The first-order chi connectivity index (χ1) is 9.34. The molecular weight excluding hydrogens is 248 g/mol. The number of thiol groups is 1. The van der Waals surface area contributed by atoms with Crippen molar-refractivity contribution in [2.75, 3.05) is 0 Å². The van der Waals surface area contributed by atoms with Crippen molar-refractivity contribution in [1.29, 1.82) is 0 Å². The van der Waals surface area contributed by atoms with Crippen molar-refractivity contribution in [3.63, 3.8) is 0 Å². The van der Waals surface area contributed by atoms with E-state index in [4.69, 9.17) is 0 Å². The molecule has 3 aromatic rings. The number of benzene rings is 3. The Bertz CT molecular complexity index is 673. The molecule has 92 valence electrons. The molecule has 0 spiro atoms. The summed E-state index contributed by atoms with van der Waals surface area (Å²) in [5.41, 5.74) is 4.82. The Balaban J connectivity index is 2.12. The molecule has 19 heavy (non-hydrogen) atoms. The van der Waals surface area contributed by atoms with E-state index in [1.165, 1.54) is 22.3 Å². The minimum Gasteiger partial charge on any atom is -0.143 e. The minimum atomic E-state index is 1.01. The predicted octanol–water partition coefficient (Wildman–Crippen LogP) is 5.31. The van der Waals surface area contributed by atoms with E-state index in [1.54, 1.807) is 0 Å². The van der Waals surface area contributed by atoms with Gasteiger partial charge in [-0.3, -0.25) is 0 Å². The van der Waals surface area contributed by atoms with Crippen LogP contribution in [0.3, 0.4) is 0 Å². The average Bonchev–Trinajstić information content (AvgIpc) is 2.49. The van der Waals surface area contributed by atoms with Gasteiger partial charge in [-0.25, -0.2) is 0 Å².